The summed E-state index contributed by atoms with van der Waals surface area (Å²) in [5.41, 5.74) is 1.02. The molecule has 1 saturated heterocycles. The molecule has 1 aromatic carbocycles. The number of benzene rings is 1. The summed E-state index contributed by atoms with van der Waals surface area (Å²) >= 11 is 1.65. The van der Waals surface area contributed by atoms with E-state index in [9.17, 15) is 4.79 Å². The van der Waals surface area contributed by atoms with Gasteiger partial charge in [0.25, 0.3) is 0 Å². The molecule has 2 N–H and O–H groups in total. The molecule has 1 aliphatic heterocycles. The second-order valence-corrected chi connectivity index (χ2v) is 5.20. The van der Waals surface area contributed by atoms with E-state index in [1.165, 1.54) is 4.70 Å². The maximum atomic E-state index is 11.1. The Labute approximate surface area is 103 Å². The second kappa shape index (κ2) is 4.33. The topological polar surface area (TPSA) is 54.0 Å². The Morgan fingerprint density at radius 1 is 1.47 bits per heavy atom. The first kappa shape index (κ1) is 10.5. The van der Waals surface area contributed by atoms with E-state index in [1.807, 2.05) is 18.2 Å². The number of fused-ring (bicyclic) bond motifs is 1. The van der Waals surface area contributed by atoms with Gasteiger partial charge < -0.3 is 10.6 Å². The smallest absolute Gasteiger partial charge is 0.220 e. The third-order valence-electron chi connectivity index (χ3n) is 2.88. The lowest BCUT2D eigenvalue weighted by atomic mass is 10.2. The number of para-hydroxylation sites is 1. The number of amides is 1. The molecule has 2 aromatic rings. The van der Waals surface area contributed by atoms with Crippen LogP contribution in [0.5, 0.6) is 0 Å². The van der Waals surface area contributed by atoms with Gasteiger partial charge in [0.05, 0.1) is 10.2 Å². The number of aromatic nitrogens is 1. The van der Waals surface area contributed by atoms with E-state index >= 15 is 0 Å². The van der Waals surface area contributed by atoms with E-state index in [4.69, 9.17) is 0 Å². The highest BCUT2D eigenvalue weighted by Gasteiger charge is 2.20. The Morgan fingerprint density at radius 2 is 2.35 bits per heavy atom. The Morgan fingerprint density at radius 3 is 3.12 bits per heavy atom. The van der Waals surface area contributed by atoms with Crippen molar-refractivity contribution in [2.45, 2.75) is 18.9 Å². The predicted octanol–water partition coefficient (Wildman–Crippen LogP) is 1.99. The van der Waals surface area contributed by atoms with Crippen LogP contribution in [0.25, 0.3) is 10.2 Å². The minimum Gasteiger partial charge on any atom is -0.359 e. The molecule has 1 aliphatic rings. The number of nitrogens with zero attached hydrogens (tertiary/aromatic N) is 1. The maximum Gasteiger partial charge on any atom is 0.220 e. The average molecular weight is 247 g/mol. The molecule has 1 amide bonds. The minimum absolute atomic E-state index is 0.154. The average Bonchev–Trinajstić information content (AvgIpc) is 2.91. The van der Waals surface area contributed by atoms with Crippen LogP contribution in [0.3, 0.4) is 0 Å². The van der Waals surface area contributed by atoms with Crippen LogP contribution in [0.2, 0.25) is 0 Å². The van der Waals surface area contributed by atoms with Crippen LogP contribution in [-0.4, -0.2) is 23.5 Å². The molecule has 0 bridgehead atoms. The van der Waals surface area contributed by atoms with Gasteiger partial charge in [0.15, 0.2) is 5.13 Å². The van der Waals surface area contributed by atoms with Gasteiger partial charge in [-0.15, -0.1) is 0 Å². The molecule has 1 fully saturated rings. The van der Waals surface area contributed by atoms with Crippen molar-refractivity contribution in [2.75, 3.05) is 11.9 Å². The summed E-state index contributed by atoms with van der Waals surface area (Å²) in [5, 5.41) is 7.15. The summed E-state index contributed by atoms with van der Waals surface area (Å²) in [6.45, 7) is 0.756. The van der Waals surface area contributed by atoms with Crippen molar-refractivity contribution in [3.8, 4) is 0 Å². The Bertz CT molecular complexity index is 518. The van der Waals surface area contributed by atoms with E-state index < -0.39 is 0 Å². The zero-order valence-corrected chi connectivity index (χ0v) is 10.1. The molecule has 0 aliphatic carbocycles. The number of nitrogens with one attached hydrogen (secondary N) is 2. The van der Waals surface area contributed by atoms with Crippen LogP contribution in [-0.2, 0) is 4.79 Å². The molecule has 4 nitrogen and oxygen atoms in total. The predicted molar refractivity (Wildman–Crippen MR) is 69.3 cm³/mol. The van der Waals surface area contributed by atoms with Crippen LogP contribution < -0.4 is 10.6 Å². The van der Waals surface area contributed by atoms with Gasteiger partial charge in [-0.3, -0.25) is 4.79 Å². The largest absolute Gasteiger partial charge is 0.359 e. The van der Waals surface area contributed by atoms with Crippen molar-refractivity contribution in [1.29, 1.82) is 0 Å². The molecule has 1 unspecified atom stereocenters. The van der Waals surface area contributed by atoms with Crippen molar-refractivity contribution in [2.24, 2.45) is 0 Å². The highest BCUT2D eigenvalue weighted by Crippen LogP contribution is 2.25. The molecule has 17 heavy (non-hydrogen) atoms. The van der Waals surface area contributed by atoms with Crippen molar-refractivity contribution < 1.29 is 4.79 Å². The Balaban J connectivity index is 1.66. The highest BCUT2D eigenvalue weighted by molar-refractivity contribution is 7.22. The van der Waals surface area contributed by atoms with Crippen LogP contribution in [0.15, 0.2) is 24.3 Å². The minimum atomic E-state index is 0.154. The van der Waals surface area contributed by atoms with Gasteiger partial charge in [0.1, 0.15) is 0 Å². The van der Waals surface area contributed by atoms with Gasteiger partial charge in [-0.2, -0.15) is 0 Å². The number of rotatable bonds is 3. The molecule has 2 heterocycles. The molecule has 5 heteroatoms. The molecule has 1 atom stereocenters. The number of carbonyl (C=O) groups is 1. The summed E-state index contributed by atoms with van der Waals surface area (Å²) in [6, 6.07) is 8.32. The van der Waals surface area contributed by atoms with Crippen molar-refractivity contribution in [1.82, 2.24) is 10.3 Å². The fourth-order valence-electron chi connectivity index (χ4n) is 1.99. The van der Waals surface area contributed by atoms with E-state index in [0.29, 0.717) is 6.42 Å². The summed E-state index contributed by atoms with van der Waals surface area (Å²) < 4.78 is 1.19. The highest BCUT2D eigenvalue weighted by atomic mass is 32.1. The normalized spacial score (nSPS) is 19.5. The summed E-state index contributed by atoms with van der Waals surface area (Å²) in [6.07, 6.45) is 1.56. The Kier molecular flexibility index (Phi) is 2.68. The molecular weight excluding hydrogens is 234 g/mol. The first-order valence-corrected chi connectivity index (χ1v) is 6.52. The SMILES string of the molecule is O=C1CCC(CNc2nc3ccccc3s2)N1. The first-order chi connectivity index (χ1) is 8.31. The van der Waals surface area contributed by atoms with Crippen molar-refractivity contribution >= 4 is 32.6 Å². The quantitative estimate of drug-likeness (QED) is 0.872. The number of carbonyl (C=O) groups excluding carboxylic acids is 1. The van der Waals surface area contributed by atoms with Gasteiger partial charge in [0.2, 0.25) is 5.91 Å². The van der Waals surface area contributed by atoms with Gasteiger partial charge in [0, 0.05) is 19.0 Å². The first-order valence-electron chi connectivity index (χ1n) is 5.70. The van der Waals surface area contributed by atoms with Gasteiger partial charge in [-0.1, -0.05) is 23.5 Å². The lowest BCUT2D eigenvalue weighted by molar-refractivity contribution is -0.119. The number of anilines is 1. The molecule has 3 rings (SSSR count). The standard InChI is InChI=1S/C12H13N3OS/c16-11-6-5-8(14-11)7-13-12-15-9-3-1-2-4-10(9)17-12/h1-4,8H,5-7H2,(H,13,15)(H,14,16). The molecule has 88 valence electrons. The van der Waals surface area contributed by atoms with Crippen LogP contribution in [0, 0.1) is 0 Å². The second-order valence-electron chi connectivity index (χ2n) is 4.17. The third kappa shape index (κ3) is 2.24. The van der Waals surface area contributed by atoms with Gasteiger partial charge in [-0.05, 0) is 18.6 Å². The number of hydrogen-bond donors (Lipinski definition) is 2. The van der Waals surface area contributed by atoms with E-state index in [-0.39, 0.29) is 11.9 Å². The molecule has 0 radical (unpaired) electrons. The fraction of sp³-hybridized carbons (Fsp3) is 0.333. The lowest BCUT2D eigenvalue weighted by Crippen LogP contribution is -2.31. The Hall–Kier alpha value is -1.62. The van der Waals surface area contributed by atoms with Crippen molar-refractivity contribution in [3.63, 3.8) is 0 Å². The van der Waals surface area contributed by atoms with E-state index in [0.717, 1.165) is 23.6 Å². The van der Waals surface area contributed by atoms with Gasteiger partial charge >= 0.3 is 0 Å². The van der Waals surface area contributed by atoms with Crippen LogP contribution in [0.4, 0.5) is 5.13 Å². The number of thiazole rings is 1. The molecular formula is C12H13N3OS. The summed E-state index contributed by atoms with van der Waals surface area (Å²) in [4.78, 5) is 15.5. The summed E-state index contributed by atoms with van der Waals surface area (Å²) in [7, 11) is 0. The van der Waals surface area contributed by atoms with E-state index in [2.05, 4.69) is 21.7 Å². The molecule has 0 saturated carbocycles. The fourth-order valence-corrected chi connectivity index (χ4v) is 2.86. The van der Waals surface area contributed by atoms with Crippen LogP contribution in [0.1, 0.15) is 12.8 Å². The van der Waals surface area contributed by atoms with Gasteiger partial charge in [-0.25, -0.2) is 4.98 Å². The molecule has 0 spiro atoms. The monoisotopic (exact) mass is 247 g/mol. The van der Waals surface area contributed by atoms with E-state index in [1.54, 1.807) is 11.3 Å². The third-order valence-corrected chi connectivity index (χ3v) is 3.87. The summed E-state index contributed by atoms with van der Waals surface area (Å²) in [5.74, 6) is 0.154. The molecule has 1 aromatic heterocycles. The van der Waals surface area contributed by atoms with Crippen LogP contribution >= 0.6 is 11.3 Å². The zero-order chi connectivity index (χ0) is 11.7. The zero-order valence-electron chi connectivity index (χ0n) is 9.27. The van der Waals surface area contributed by atoms with Crippen molar-refractivity contribution in [3.05, 3.63) is 24.3 Å². The lowest BCUT2D eigenvalue weighted by Gasteiger charge is -2.09. The number of hydrogen-bond acceptors (Lipinski definition) is 4. The maximum absolute atomic E-state index is 11.1.